The van der Waals surface area contributed by atoms with Gasteiger partial charge in [-0.25, -0.2) is 0 Å². The van der Waals surface area contributed by atoms with Crippen LogP contribution in [-0.2, 0) is 6.67 Å². The second-order valence-corrected chi connectivity index (χ2v) is 7.22. The Kier molecular flexibility index (Phi) is 4.64. The quantitative estimate of drug-likeness (QED) is 0.862. The highest BCUT2D eigenvalue weighted by Gasteiger charge is 2.22. The van der Waals surface area contributed by atoms with Crippen LogP contribution in [0.25, 0.3) is 11.4 Å². The number of thioether (sulfide) groups is 1. The Hall–Kier alpha value is -1.37. The maximum Gasteiger partial charge on any atom is 0.193 e. The highest BCUT2D eigenvalue weighted by molar-refractivity contribution is 7.99. The largest absolute Gasteiger partial charge is 0.302 e. The maximum atomic E-state index is 4.41. The van der Waals surface area contributed by atoms with Crippen LogP contribution in [0, 0.1) is 0 Å². The Morgan fingerprint density at radius 2 is 1.70 bits per heavy atom. The van der Waals surface area contributed by atoms with Crippen molar-refractivity contribution in [3.8, 4) is 11.4 Å². The lowest BCUT2D eigenvalue weighted by Gasteiger charge is -2.32. The van der Waals surface area contributed by atoms with Crippen molar-refractivity contribution < 1.29 is 0 Å². The van der Waals surface area contributed by atoms with Gasteiger partial charge in [-0.1, -0.05) is 48.5 Å². The summed E-state index contributed by atoms with van der Waals surface area (Å²) in [6.45, 7) is 5.74. The van der Waals surface area contributed by atoms with Crippen LogP contribution < -0.4 is 0 Å². The van der Waals surface area contributed by atoms with E-state index in [0.29, 0.717) is 0 Å². The van der Waals surface area contributed by atoms with E-state index in [9.17, 15) is 0 Å². The molecular formula is C17H23N5S. The first-order valence-corrected chi connectivity index (χ1v) is 9.45. The number of piperidine rings is 1. The van der Waals surface area contributed by atoms with Gasteiger partial charge in [-0.05, 0) is 25.9 Å². The van der Waals surface area contributed by atoms with Crippen molar-refractivity contribution in [1.82, 2.24) is 24.6 Å². The summed E-state index contributed by atoms with van der Waals surface area (Å²) in [5.74, 6) is 2.00. The van der Waals surface area contributed by atoms with Crippen molar-refractivity contribution in [3.63, 3.8) is 0 Å². The lowest BCUT2D eigenvalue weighted by Crippen LogP contribution is -2.39. The molecule has 1 aromatic heterocycles. The van der Waals surface area contributed by atoms with E-state index in [4.69, 9.17) is 0 Å². The fourth-order valence-electron chi connectivity index (χ4n) is 3.31. The molecule has 3 heterocycles. The number of fused-ring (bicyclic) bond motifs is 1. The van der Waals surface area contributed by atoms with Crippen LogP contribution in [0.3, 0.4) is 0 Å². The van der Waals surface area contributed by atoms with E-state index < -0.39 is 0 Å². The molecule has 23 heavy (non-hydrogen) atoms. The molecule has 2 aromatic rings. The zero-order chi connectivity index (χ0) is 15.5. The summed E-state index contributed by atoms with van der Waals surface area (Å²) in [6.07, 6.45) is 4.13. The van der Waals surface area contributed by atoms with E-state index in [1.807, 2.05) is 6.07 Å². The first-order chi connectivity index (χ1) is 11.4. The molecule has 6 heteroatoms. The predicted octanol–water partition coefficient (Wildman–Crippen LogP) is 2.75. The molecule has 1 fully saturated rings. The molecule has 0 saturated carbocycles. The third-order valence-electron chi connectivity index (χ3n) is 4.65. The van der Waals surface area contributed by atoms with E-state index in [-0.39, 0.29) is 0 Å². The molecule has 0 radical (unpaired) electrons. The smallest absolute Gasteiger partial charge is 0.193 e. The van der Waals surface area contributed by atoms with Crippen LogP contribution in [0.5, 0.6) is 0 Å². The van der Waals surface area contributed by atoms with Crippen LogP contribution in [0.2, 0.25) is 0 Å². The lowest BCUT2D eigenvalue weighted by atomic mass is 10.1. The van der Waals surface area contributed by atoms with E-state index in [0.717, 1.165) is 35.6 Å². The molecule has 2 aliphatic heterocycles. The zero-order valence-corrected chi connectivity index (χ0v) is 14.2. The summed E-state index contributed by atoms with van der Waals surface area (Å²) in [7, 11) is 0. The number of benzene rings is 1. The number of hydrogen-bond acceptors (Lipinski definition) is 5. The third-order valence-corrected chi connectivity index (χ3v) is 5.70. The molecule has 0 spiro atoms. The molecule has 0 N–H and O–H groups in total. The third kappa shape index (κ3) is 3.44. The summed E-state index contributed by atoms with van der Waals surface area (Å²) in [5, 5.41) is 9.80. The van der Waals surface area contributed by atoms with E-state index in [1.165, 1.54) is 38.9 Å². The van der Waals surface area contributed by atoms with Gasteiger partial charge in [-0.2, -0.15) is 0 Å². The summed E-state index contributed by atoms with van der Waals surface area (Å²) in [6, 6.07) is 10.4. The van der Waals surface area contributed by atoms with Gasteiger partial charge >= 0.3 is 0 Å². The van der Waals surface area contributed by atoms with Crippen molar-refractivity contribution in [2.24, 2.45) is 0 Å². The first-order valence-electron chi connectivity index (χ1n) is 8.46. The van der Waals surface area contributed by atoms with Gasteiger partial charge in [-0.15, -0.1) is 10.2 Å². The van der Waals surface area contributed by atoms with Crippen LogP contribution in [-0.4, -0.2) is 56.6 Å². The minimum atomic E-state index is 0.896. The summed E-state index contributed by atoms with van der Waals surface area (Å²) in [4.78, 5) is 5.11. The minimum Gasteiger partial charge on any atom is -0.302 e. The van der Waals surface area contributed by atoms with Gasteiger partial charge in [0.15, 0.2) is 11.0 Å². The van der Waals surface area contributed by atoms with Crippen LogP contribution in [0.1, 0.15) is 19.3 Å². The lowest BCUT2D eigenvalue weighted by molar-refractivity contribution is 0.169. The first kappa shape index (κ1) is 15.2. The molecular weight excluding hydrogens is 306 g/mol. The second-order valence-electron chi connectivity index (χ2n) is 6.31. The molecule has 0 bridgehead atoms. The topological polar surface area (TPSA) is 37.2 Å². The van der Waals surface area contributed by atoms with Gasteiger partial charge in [0.05, 0.1) is 12.5 Å². The monoisotopic (exact) mass is 329 g/mol. The molecule has 4 rings (SSSR count). The van der Waals surface area contributed by atoms with Crippen molar-refractivity contribution in [2.45, 2.75) is 31.1 Å². The standard InChI is InChI=1S/C17H23N5S/c1-3-7-15(8-4-1)16-18-19-17-22(16)13-21(14-23-17)12-11-20-9-5-2-6-10-20/h1,3-4,7-8H,2,5-6,9-14H2. The minimum absolute atomic E-state index is 0.896. The molecule has 0 amide bonds. The maximum absolute atomic E-state index is 4.41. The Balaban J connectivity index is 1.43. The average molecular weight is 329 g/mol. The number of likely N-dealkylation sites (tertiary alicyclic amines) is 1. The predicted molar refractivity (Wildman–Crippen MR) is 93.2 cm³/mol. The number of nitrogens with zero attached hydrogens (tertiary/aromatic N) is 5. The average Bonchev–Trinajstić information content (AvgIpc) is 3.05. The Morgan fingerprint density at radius 3 is 2.52 bits per heavy atom. The Labute approximate surface area is 141 Å². The van der Waals surface area contributed by atoms with Crippen molar-refractivity contribution in [2.75, 3.05) is 32.1 Å². The van der Waals surface area contributed by atoms with Crippen LogP contribution in [0.15, 0.2) is 35.5 Å². The molecule has 1 saturated heterocycles. The van der Waals surface area contributed by atoms with Gasteiger partial charge < -0.3 is 4.90 Å². The second kappa shape index (κ2) is 7.03. The molecule has 0 atom stereocenters. The normalized spacial score (nSPS) is 19.7. The van der Waals surface area contributed by atoms with Gasteiger partial charge in [0.2, 0.25) is 0 Å². The molecule has 5 nitrogen and oxygen atoms in total. The van der Waals surface area contributed by atoms with Crippen molar-refractivity contribution in [3.05, 3.63) is 30.3 Å². The SMILES string of the molecule is c1ccc(-c2nnc3n2CN(CCN2CCCCC2)CS3)cc1. The summed E-state index contributed by atoms with van der Waals surface area (Å²) in [5.41, 5.74) is 1.14. The Bertz CT molecular complexity index is 636. The summed E-state index contributed by atoms with van der Waals surface area (Å²) >= 11 is 1.80. The van der Waals surface area contributed by atoms with Gasteiger partial charge in [0.1, 0.15) is 0 Å². The highest BCUT2D eigenvalue weighted by atomic mass is 32.2. The fraction of sp³-hybridized carbons (Fsp3) is 0.529. The molecule has 1 aromatic carbocycles. The number of rotatable bonds is 4. The number of hydrogen-bond donors (Lipinski definition) is 0. The van der Waals surface area contributed by atoms with Crippen LogP contribution in [0.4, 0.5) is 0 Å². The molecule has 2 aliphatic rings. The summed E-state index contributed by atoms with van der Waals surface area (Å²) < 4.78 is 2.25. The highest BCUT2D eigenvalue weighted by Crippen LogP contribution is 2.28. The molecule has 122 valence electrons. The van der Waals surface area contributed by atoms with Crippen molar-refractivity contribution in [1.29, 1.82) is 0 Å². The molecule has 0 aliphatic carbocycles. The fourth-order valence-corrected chi connectivity index (χ4v) is 4.22. The van der Waals surface area contributed by atoms with Gasteiger partial charge in [0.25, 0.3) is 0 Å². The van der Waals surface area contributed by atoms with Gasteiger partial charge in [-0.3, -0.25) is 9.47 Å². The van der Waals surface area contributed by atoms with Gasteiger partial charge in [0, 0.05) is 18.7 Å². The molecule has 0 unspecified atom stereocenters. The number of aromatic nitrogens is 3. The van der Waals surface area contributed by atoms with Crippen LogP contribution >= 0.6 is 11.8 Å². The van der Waals surface area contributed by atoms with E-state index in [2.05, 4.69) is 48.8 Å². The van der Waals surface area contributed by atoms with E-state index >= 15 is 0 Å². The Morgan fingerprint density at radius 1 is 0.913 bits per heavy atom. The zero-order valence-electron chi connectivity index (χ0n) is 13.4. The van der Waals surface area contributed by atoms with E-state index in [1.54, 1.807) is 11.8 Å². The van der Waals surface area contributed by atoms with Crippen molar-refractivity contribution >= 4 is 11.8 Å².